The monoisotopic (exact) mass is 450 g/mol. The highest BCUT2D eigenvalue weighted by atomic mass is 16.2. The summed E-state index contributed by atoms with van der Waals surface area (Å²) in [6.07, 6.45) is 1.70. The molecular formula is C27H22N4O3. The number of para-hydroxylation sites is 1. The van der Waals surface area contributed by atoms with Gasteiger partial charge in [-0.2, -0.15) is 5.10 Å². The fourth-order valence-electron chi connectivity index (χ4n) is 5.35. The highest BCUT2D eigenvalue weighted by molar-refractivity contribution is 6.24. The molecule has 34 heavy (non-hydrogen) atoms. The summed E-state index contributed by atoms with van der Waals surface area (Å²) in [5, 5.41) is 9.13. The number of hydrazone groups is 1. The van der Waals surface area contributed by atoms with Gasteiger partial charge < -0.3 is 5.32 Å². The van der Waals surface area contributed by atoms with E-state index in [1.165, 1.54) is 4.90 Å². The van der Waals surface area contributed by atoms with Crippen LogP contribution in [0.15, 0.2) is 84.0 Å². The smallest absolute Gasteiger partial charge is 0.249 e. The molecule has 3 aliphatic heterocycles. The van der Waals surface area contributed by atoms with Crippen molar-refractivity contribution in [3.05, 3.63) is 95.6 Å². The van der Waals surface area contributed by atoms with Crippen LogP contribution in [0.5, 0.6) is 0 Å². The summed E-state index contributed by atoms with van der Waals surface area (Å²) in [5.41, 5.74) is 3.97. The number of fused-ring (bicyclic) bond motifs is 5. The predicted molar refractivity (Wildman–Crippen MR) is 128 cm³/mol. The van der Waals surface area contributed by atoms with E-state index >= 15 is 0 Å². The quantitative estimate of drug-likeness (QED) is 0.619. The van der Waals surface area contributed by atoms with Crippen molar-refractivity contribution in [3.8, 4) is 0 Å². The fourth-order valence-corrected chi connectivity index (χ4v) is 5.35. The van der Waals surface area contributed by atoms with Gasteiger partial charge in [0.15, 0.2) is 0 Å². The second-order valence-corrected chi connectivity index (χ2v) is 8.90. The van der Waals surface area contributed by atoms with Crippen molar-refractivity contribution >= 4 is 35.3 Å². The number of nitrogens with one attached hydrogen (secondary N) is 1. The molecule has 2 saturated heterocycles. The zero-order valence-electron chi connectivity index (χ0n) is 18.5. The molecule has 4 unspecified atom stereocenters. The molecule has 0 bridgehead atoms. The average molecular weight is 450 g/mol. The molecule has 7 nitrogen and oxygen atoms in total. The van der Waals surface area contributed by atoms with Gasteiger partial charge in [0.1, 0.15) is 6.04 Å². The van der Waals surface area contributed by atoms with Crippen LogP contribution in [-0.4, -0.2) is 35.0 Å². The lowest BCUT2D eigenvalue weighted by Crippen LogP contribution is -2.46. The molecule has 0 spiro atoms. The molecule has 0 aliphatic carbocycles. The van der Waals surface area contributed by atoms with E-state index in [1.54, 1.807) is 35.5 Å². The van der Waals surface area contributed by atoms with Crippen molar-refractivity contribution < 1.29 is 14.4 Å². The van der Waals surface area contributed by atoms with Gasteiger partial charge >= 0.3 is 0 Å². The van der Waals surface area contributed by atoms with Gasteiger partial charge in [-0.3, -0.25) is 19.4 Å². The van der Waals surface area contributed by atoms with Gasteiger partial charge in [0, 0.05) is 5.69 Å². The number of carbonyl (C=O) groups is 3. The first-order chi connectivity index (χ1) is 16.5. The predicted octanol–water partition coefficient (Wildman–Crippen LogP) is 3.51. The van der Waals surface area contributed by atoms with Gasteiger partial charge in [-0.1, -0.05) is 60.2 Å². The molecule has 0 radical (unpaired) electrons. The fraction of sp³-hybridized carbons (Fsp3) is 0.185. The molecule has 0 saturated carbocycles. The second-order valence-electron chi connectivity index (χ2n) is 8.90. The Morgan fingerprint density at radius 1 is 0.853 bits per heavy atom. The molecule has 3 amide bonds. The van der Waals surface area contributed by atoms with E-state index in [1.807, 2.05) is 61.5 Å². The van der Waals surface area contributed by atoms with Gasteiger partial charge in [0.05, 0.1) is 29.8 Å². The van der Waals surface area contributed by atoms with E-state index < -0.39 is 23.9 Å². The lowest BCUT2D eigenvalue weighted by Gasteiger charge is -2.33. The van der Waals surface area contributed by atoms with E-state index in [0.29, 0.717) is 11.4 Å². The molecule has 1 N–H and O–H groups in total. The van der Waals surface area contributed by atoms with Crippen molar-refractivity contribution in [1.29, 1.82) is 0 Å². The zero-order chi connectivity index (χ0) is 23.4. The average Bonchev–Trinajstić information content (AvgIpc) is 3.33. The van der Waals surface area contributed by atoms with Crippen molar-refractivity contribution in [3.63, 3.8) is 0 Å². The molecule has 2 fully saturated rings. The number of amides is 3. The highest BCUT2D eigenvalue weighted by Gasteiger charge is 2.65. The summed E-state index contributed by atoms with van der Waals surface area (Å²) in [6, 6.07) is 22.7. The molecule has 3 aromatic carbocycles. The first-order valence-electron chi connectivity index (χ1n) is 11.3. The topological polar surface area (TPSA) is 82.1 Å². The van der Waals surface area contributed by atoms with E-state index in [9.17, 15) is 14.4 Å². The number of aryl methyl sites for hydroxylation is 1. The lowest BCUT2D eigenvalue weighted by atomic mass is 9.85. The Morgan fingerprint density at radius 3 is 2.29 bits per heavy atom. The lowest BCUT2D eigenvalue weighted by molar-refractivity contribution is -0.129. The number of hydrogen-bond acceptors (Lipinski definition) is 5. The minimum atomic E-state index is -0.910. The van der Waals surface area contributed by atoms with Crippen LogP contribution < -0.4 is 10.2 Å². The van der Waals surface area contributed by atoms with Crippen molar-refractivity contribution in [1.82, 2.24) is 5.01 Å². The first kappa shape index (κ1) is 20.4. The standard InChI is InChI=1S/C27H22N4O3/c1-16-11-13-19(14-12-16)30-26(33)21-22(27(30)34)24(25(32)29-18-8-3-2-4-9-18)31-23(21)20-10-6-5-7-17(20)15-28-31/h2-15,21-24H,1H3,(H,29,32). The summed E-state index contributed by atoms with van der Waals surface area (Å²) >= 11 is 0. The van der Waals surface area contributed by atoms with Crippen molar-refractivity contribution in [2.45, 2.75) is 19.0 Å². The van der Waals surface area contributed by atoms with Crippen LogP contribution in [0.3, 0.4) is 0 Å². The van der Waals surface area contributed by atoms with Crippen LogP contribution in [0.2, 0.25) is 0 Å². The maximum absolute atomic E-state index is 13.8. The molecule has 3 heterocycles. The third kappa shape index (κ3) is 2.97. The highest BCUT2D eigenvalue weighted by Crippen LogP contribution is 2.52. The summed E-state index contributed by atoms with van der Waals surface area (Å²) in [6.45, 7) is 1.95. The summed E-state index contributed by atoms with van der Waals surface area (Å²) in [5.74, 6) is -2.57. The molecule has 168 valence electrons. The summed E-state index contributed by atoms with van der Waals surface area (Å²) < 4.78 is 0. The van der Waals surface area contributed by atoms with E-state index in [-0.39, 0.29) is 17.7 Å². The van der Waals surface area contributed by atoms with Crippen LogP contribution >= 0.6 is 0 Å². The van der Waals surface area contributed by atoms with Crippen LogP contribution in [0.1, 0.15) is 22.7 Å². The molecular weight excluding hydrogens is 428 g/mol. The Balaban J connectivity index is 1.45. The molecule has 3 aliphatic rings. The van der Waals surface area contributed by atoms with Crippen LogP contribution in [0, 0.1) is 18.8 Å². The summed E-state index contributed by atoms with van der Waals surface area (Å²) in [4.78, 5) is 42.3. The maximum Gasteiger partial charge on any atom is 0.249 e. The van der Waals surface area contributed by atoms with Crippen molar-refractivity contribution in [2.24, 2.45) is 16.9 Å². The van der Waals surface area contributed by atoms with E-state index in [4.69, 9.17) is 0 Å². The number of anilines is 2. The number of benzene rings is 3. The molecule has 0 aromatic heterocycles. The maximum atomic E-state index is 13.8. The third-order valence-electron chi connectivity index (χ3n) is 6.90. The van der Waals surface area contributed by atoms with Crippen molar-refractivity contribution in [2.75, 3.05) is 10.2 Å². The van der Waals surface area contributed by atoms with Crippen LogP contribution in [-0.2, 0) is 14.4 Å². The van der Waals surface area contributed by atoms with E-state index in [0.717, 1.165) is 16.7 Å². The van der Waals surface area contributed by atoms with Gasteiger partial charge in [-0.15, -0.1) is 0 Å². The Kier molecular flexibility index (Phi) is 4.58. The molecule has 7 heteroatoms. The van der Waals surface area contributed by atoms with Crippen LogP contribution in [0.25, 0.3) is 0 Å². The minimum absolute atomic E-state index is 0.296. The molecule has 3 aromatic rings. The molecule has 6 rings (SSSR count). The zero-order valence-corrected chi connectivity index (χ0v) is 18.5. The second kappa shape index (κ2) is 7.66. The Hall–Kier alpha value is -4.26. The number of carbonyl (C=O) groups excluding carboxylic acids is 3. The number of imide groups is 1. The third-order valence-corrected chi connectivity index (χ3v) is 6.90. The van der Waals surface area contributed by atoms with Gasteiger partial charge in [-0.25, -0.2) is 4.90 Å². The van der Waals surface area contributed by atoms with Gasteiger partial charge in [-0.05, 0) is 42.3 Å². The SMILES string of the molecule is Cc1ccc(N2C(=O)C3C(C2=O)C2c4ccccc4C=NN2C3C(=O)Nc2ccccc2)cc1. The summed E-state index contributed by atoms with van der Waals surface area (Å²) in [7, 11) is 0. The van der Waals surface area contributed by atoms with Crippen LogP contribution in [0.4, 0.5) is 11.4 Å². The Morgan fingerprint density at radius 2 is 1.53 bits per heavy atom. The number of rotatable bonds is 3. The Labute approximate surface area is 196 Å². The first-order valence-corrected chi connectivity index (χ1v) is 11.3. The number of nitrogens with zero attached hydrogens (tertiary/aromatic N) is 3. The largest absolute Gasteiger partial charge is 0.324 e. The molecule has 4 atom stereocenters. The van der Waals surface area contributed by atoms with Gasteiger partial charge in [0.25, 0.3) is 0 Å². The minimum Gasteiger partial charge on any atom is -0.324 e. The van der Waals surface area contributed by atoms with Gasteiger partial charge in [0.2, 0.25) is 17.7 Å². The van der Waals surface area contributed by atoms with E-state index in [2.05, 4.69) is 10.4 Å². The normalized spacial score (nSPS) is 24.6. The Bertz CT molecular complexity index is 1340. The number of hydrogen-bond donors (Lipinski definition) is 1.